The van der Waals surface area contributed by atoms with Crippen LogP contribution < -0.4 is 0 Å². The van der Waals surface area contributed by atoms with E-state index in [0.29, 0.717) is 10.8 Å². The molecule has 2 saturated heterocycles. The standard InChI is InChI=1S/C22H28O3S/c1-11(2)26-10-22-7-6-15(25-22)17-19(22)21(24)18(20(17)23)16-13(4)8-12(3)9-14(16)5/h8-9,11,15,17,19,24H,6-7,10H2,1-5H3/t15-,17-,19+,22-/m0/s1. The predicted octanol–water partition coefficient (Wildman–Crippen LogP) is 4.77. The summed E-state index contributed by atoms with van der Waals surface area (Å²) in [6.45, 7) is 10.5. The zero-order valence-corrected chi connectivity index (χ0v) is 17.1. The number of carbonyl (C=O) groups excluding carboxylic acids is 1. The van der Waals surface area contributed by atoms with Crippen LogP contribution in [0.15, 0.2) is 17.9 Å². The molecule has 0 amide bonds. The summed E-state index contributed by atoms with van der Waals surface area (Å²) in [7, 11) is 0. The van der Waals surface area contributed by atoms with Gasteiger partial charge in [0.1, 0.15) is 5.76 Å². The van der Waals surface area contributed by atoms with E-state index in [9.17, 15) is 9.90 Å². The minimum Gasteiger partial charge on any atom is -0.511 e. The van der Waals surface area contributed by atoms with Crippen molar-refractivity contribution in [3.63, 3.8) is 0 Å². The van der Waals surface area contributed by atoms with Crippen LogP contribution in [0, 0.1) is 32.6 Å². The molecule has 0 spiro atoms. The van der Waals surface area contributed by atoms with Crippen molar-refractivity contribution in [3.8, 4) is 0 Å². The van der Waals surface area contributed by atoms with E-state index in [4.69, 9.17) is 4.74 Å². The van der Waals surface area contributed by atoms with Crippen molar-refractivity contribution in [2.75, 3.05) is 5.75 Å². The lowest BCUT2D eigenvalue weighted by molar-refractivity contribution is -0.118. The van der Waals surface area contributed by atoms with Crippen LogP contribution in [-0.4, -0.2) is 33.6 Å². The molecule has 2 bridgehead atoms. The number of allylic oxidation sites excluding steroid dienone is 1. The molecule has 0 radical (unpaired) electrons. The molecule has 2 heterocycles. The number of rotatable bonds is 4. The molecule has 1 aromatic carbocycles. The van der Waals surface area contributed by atoms with Gasteiger partial charge in [-0.1, -0.05) is 31.5 Å². The minimum atomic E-state index is -0.377. The first kappa shape index (κ1) is 18.1. The lowest BCUT2D eigenvalue weighted by atomic mass is 9.73. The van der Waals surface area contributed by atoms with E-state index in [0.717, 1.165) is 35.3 Å². The molecular formula is C22H28O3S. The monoisotopic (exact) mass is 372 g/mol. The maximum atomic E-state index is 13.4. The average Bonchev–Trinajstić information content (AvgIpc) is 3.18. The molecular weight excluding hydrogens is 344 g/mol. The smallest absolute Gasteiger partial charge is 0.173 e. The number of Topliss-reactive ketones (excluding diaryl/α,β-unsaturated/α-hetero) is 1. The topological polar surface area (TPSA) is 46.5 Å². The van der Waals surface area contributed by atoms with Gasteiger partial charge in [-0.25, -0.2) is 0 Å². The van der Waals surface area contributed by atoms with Crippen LogP contribution in [0.3, 0.4) is 0 Å². The van der Waals surface area contributed by atoms with Gasteiger partial charge in [0, 0.05) is 5.75 Å². The summed E-state index contributed by atoms with van der Waals surface area (Å²) < 4.78 is 6.35. The Morgan fingerprint density at radius 2 is 1.92 bits per heavy atom. The van der Waals surface area contributed by atoms with Crippen LogP contribution in [0.1, 0.15) is 48.9 Å². The molecule has 1 aliphatic carbocycles. The highest BCUT2D eigenvalue weighted by Crippen LogP contribution is 2.60. The molecule has 4 rings (SSSR count). The fraction of sp³-hybridized carbons (Fsp3) is 0.591. The first-order valence-corrected chi connectivity index (χ1v) is 10.6. The van der Waals surface area contributed by atoms with Gasteiger partial charge in [0.05, 0.1) is 29.1 Å². The fourth-order valence-electron chi connectivity index (χ4n) is 5.35. The molecule has 0 aromatic heterocycles. The van der Waals surface area contributed by atoms with Crippen molar-refractivity contribution < 1.29 is 14.6 Å². The number of fused-ring (bicyclic) bond motifs is 5. The second kappa shape index (κ2) is 6.13. The van der Waals surface area contributed by atoms with E-state index in [-0.39, 0.29) is 35.1 Å². The second-order valence-electron chi connectivity index (χ2n) is 8.52. The van der Waals surface area contributed by atoms with E-state index in [1.807, 2.05) is 25.6 Å². The van der Waals surface area contributed by atoms with E-state index in [1.54, 1.807) is 0 Å². The van der Waals surface area contributed by atoms with Crippen molar-refractivity contribution in [2.24, 2.45) is 11.8 Å². The zero-order valence-electron chi connectivity index (χ0n) is 16.3. The zero-order chi connectivity index (χ0) is 18.8. The maximum absolute atomic E-state index is 13.4. The Morgan fingerprint density at radius 1 is 1.27 bits per heavy atom. The van der Waals surface area contributed by atoms with Crippen molar-refractivity contribution >= 4 is 23.1 Å². The summed E-state index contributed by atoms with van der Waals surface area (Å²) in [6.07, 6.45) is 1.83. The molecule has 2 aliphatic heterocycles. The normalized spacial score (nSPS) is 32.8. The number of aliphatic hydroxyl groups is 1. The van der Waals surface area contributed by atoms with Gasteiger partial charge in [0.15, 0.2) is 5.78 Å². The molecule has 140 valence electrons. The molecule has 0 saturated carbocycles. The molecule has 1 aromatic rings. The lowest BCUT2D eigenvalue weighted by Crippen LogP contribution is -2.41. The predicted molar refractivity (Wildman–Crippen MR) is 107 cm³/mol. The van der Waals surface area contributed by atoms with Crippen molar-refractivity contribution in [2.45, 2.75) is 64.4 Å². The van der Waals surface area contributed by atoms with E-state index in [2.05, 4.69) is 32.9 Å². The van der Waals surface area contributed by atoms with Crippen molar-refractivity contribution in [1.82, 2.24) is 0 Å². The second-order valence-corrected chi connectivity index (χ2v) is 10.1. The Balaban J connectivity index is 1.80. The molecule has 3 nitrogen and oxygen atoms in total. The van der Waals surface area contributed by atoms with Gasteiger partial charge < -0.3 is 9.84 Å². The summed E-state index contributed by atoms with van der Waals surface area (Å²) in [4.78, 5) is 13.4. The summed E-state index contributed by atoms with van der Waals surface area (Å²) in [6, 6.07) is 4.19. The van der Waals surface area contributed by atoms with Crippen LogP contribution in [0.4, 0.5) is 0 Å². The van der Waals surface area contributed by atoms with Crippen LogP contribution in [0.2, 0.25) is 0 Å². The molecule has 4 atom stereocenters. The molecule has 3 aliphatic rings. The number of ketones is 1. The first-order valence-electron chi connectivity index (χ1n) is 9.60. The number of hydrogen-bond acceptors (Lipinski definition) is 4. The molecule has 26 heavy (non-hydrogen) atoms. The molecule has 4 heteroatoms. The SMILES string of the molecule is Cc1cc(C)c(C2=C(O)[C@H]3[C@@H](C2=O)[C@@H]2CC[C@@]3(CSC(C)C)O2)c(C)c1. The Hall–Kier alpha value is -1.26. The first-order chi connectivity index (χ1) is 12.2. The van der Waals surface area contributed by atoms with Gasteiger partial charge >= 0.3 is 0 Å². The Bertz CT molecular complexity index is 787. The number of thioether (sulfide) groups is 1. The van der Waals surface area contributed by atoms with Crippen LogP contribution in [0.25, 0.3) is 5.57 Å². The third-order valence-corrected chi connectivity index (χ3v) is 7.57. The summed E-state index contributed by atoms with van der Waals surface area (Å²) >= 11 is 1.87. The van der Waals surface area contributed by atoms with E-state index in [1.165, 1.54) is 5.56 Å². The van der Waals surface area contributed by atoms with Crippen molar-refractivity contribution in [3.05, 3.63) is 40.1 Å². The molecule has 2 fully saturated rings. The Morgan fingerprint density at radius 3 is 2.54 bits per heavy atom. The summed E-state index contributed by atoms with van der Waals surface area (Å²) in [5.41, 5.74) is 4.43. The Kier molecular flexibility index (Phi) is 4.27. The molecule has 0 unspecified atom stereocenters. The van der Waals surface area contributed by atoms with Crippen LogP contribution >= 0.6 is 11.8 Å². The van der Waals surface area contributed by atoms with Gasteiger partial charge in [-0.05, 0) is 55.6 Å². The van der Waals surface area contributed by atoms with Gasteiger partial charge in [-0.2, -0.15) is 11.8 Å². The fourth-order valence-corrected chi connectivity index (χ4v) is 6.35. The van der Waals surface area contributed by atoms with Crippen LogP contribution in [-0.2, 0) is 9.53 Å². The average molecular weight is 373 g/mol. The lowest BCUT2D eigenvalue weighted by Gasteiger charge is -2.32. The Labute approximate surface area is 160 Å². The van der Waals surface area contributed by atoms with Gasteiger partial charge in [0.2, 0.25) is 0 Å². The quantitative estimate of drug-likeness (QED) is 0.827. The third-order valence-electron chi connectivity index (χ3n) is 6.25. The van der Waals surface area contributed by atoms with E-state index >= 15 is 0 Å². The number of benzene rings is 1. The summed E-state index contributed by atoms with van der Waals surface area (Å²) in [5.74, 6) is 0.839. The van der Waals surface area contributed by atoms with Gasteiger partial charge in [-0.15, -0.1) is 0 Å². The van der Waals surface area contributed by atoms with Gasteiger partial charge in [-0.3, -0.25) is 4.79 Å². The third kappa shape index (κ3) is 2.49. The maximum Gasteiger partial charge on any atom is 0.173 e. The van der Waals surface area contributed by atoms with Crippen molar-refractivity contribution in [1.29, 1.82) is 0 Å². The summed E-state index contributed by atoms with van der Waals surface area (Å²) in [5, 5.41) is 11.7. The van der Waals surface area contributed by atoms with Crippen LogP contribution in [0.5, 0.6) is 0 Å². The highest BCUT2D eigenvalue weighted by Gasteiger charge is 2.66. The molecule has 1 N–H and O–H groups in total. The highest BCUT2D eigenvalue weighted by atomic mass is 32.2. The number of aliphatic hydroxyl groups excluding tert-OH is 1. The van der Waals surface area contributed by atoms with E-state index < -0.39 is 0 Å². The largest absolute Gasteiger partial charge is 0.511 e. The number of aryl methyl sites for hydroxylation is 3. The number of hydrogen-bond donors (Lipinski definition) is 1. The number of ether oxygens (including phenoxy) is 1. The minimum absolute atomic E-state index is 0.0361. The number of carbonyl (C=O) groups is 1. The van der Waals surface area contributed by atoms with Gasteiger partial charge in [0.25, 0.3) is 0 Å². The highest BCUT2D eigenvalue weighted by molar-refractivity contribution is 7.99.